The number of halogens is 3. The second-order valence-electron chi connectivity index (χ2n) is 6.03. The third-order valence-electron chi connectivity index (χ3n) is 4.47. The van der Waals surface area contributed by atoms with E-state index in [-0.39, 0.29) is 17.1 Å². The van der Waals surface area contributed by atoms with Crippen molar-refractivity contribution < 1.29 is 28.0 Å². The van der Waals surface area contributed by atoms with Crippen LogP contribution in [0.2, 0.25) is 0 Å². The quantitative estimate of drug-likeness (QED) is 0.681. The van der Waals surface area contributed by atoms with E-state index in [9.17, 15) is 23.2 Å². The van der Waals surface area contributed by atoms with Crippen LogP contribution in [-0.2, 0) is 10.9 Å². The fraction of sp³-hybridized carbons (Fsp3) is 0.400. The molecule has 2 N–H and O–H groups in total. The summed E-state index contributed by atoms with van der Waals surface area (Å²) in [6.45, 7) is 0.598. The lowest BCUT2D eigenvalue weighted by molar-refractivity contribution is -0.136. The van der Waals surface area contributed by atoms with Crippen LogP contribution in [0.25, 0.3) is 21.0 Å². The second kappa shape index (κ2) is 5.98. The predicted octanol–water partition coefficient (Wildman–Crippen LogP) is 2.65. The van der Waals surface area contributed by atoms with E-state index in [2.05, 4.69) is 5.10 Å². The molecule has 132 valence electrons. The van der Waals surface area contributed by atoms with Gasteiger partial charge in [0.2, 0.25) is 0 Å². The SMILES string of the molecule is OB(O)c1c2cnn(C3CCCCO3)c2cc2scc(C(F)(F)F)c12. The van der Waals surface area contributed by atoms with Crippen molar-refractivity contribution >= 4 is 44.9 Å². The first-order valence-electron chi connectivity index (χ1n) is 7.84. The van der Waals surface area contributed by atoms with Crippen LogP contribution in [0.1, 0.15) is 31.1 Å². The van der Waals surface area contributed by atoms with E-state index in [0.717, 1.165) is 36.0 Å². The molecular weight excluding hydrogens is 356 g/mol. The number of thiophene rings is 1. The third kappa shape index (κ3) is 2.73. The first-order chi connectivity index (χ1) is 11.9. The Morgan fingerprint density at radius 1 is 1.32 bits per heavy atom. The zero-order valence-electron chi connectivity index (χ0n) is 13.0. The van der Waals surface area contributed by atoms with E-state index in [1.807, 2.05) is 0 Å². The van der Waals surface area contributed by atoms with Crippen LogP contribution >= 0.6 is 11.3 Å². The molecule has 1 atom stereocenters. The topological polar surface area (TPSA) is 67.5 Å². The van der Waals surface area contributed by atoms with Gasteiger partial charge in [-0.1, -0.05) is 0 Å². The number of hydrogen-bond acceptors (Lipinski definition) is 5. The normalized spacial score (nSPS) is 19.0. The second-order valence-corrected chi connectivity index (χ2v) is 6.94. The van der Waals surface area contributed by atoms with Crippen molar-refractivity contribution in [2.24, 2.45) is 0 Å². The number of fused-ring (bicyclic) bond motifs is 2. The molecule has 4 rings (SSSR count). The highest BCUT2D eigenvalue weighted by atomic mass is 32.1. The maximum atomic E-state index is 13.3. The van der Waals surface area contributed by atoms with Gasteiger partial charge in [0.15, 0.2) is 6.23 Å². The van der Waals surface area contributed by atoms with Gasteiger partial charge in [0, 0.05) is 32.9 Å². The lowest BCUT2D eigenvalue weighted by Gasteiger charge is -2.23. The summed E-state index contributed by atoms with van der Waals surface area (Å²) < 4.78 is 47.5. The number of hydrogen-bond donors (Lipinski definition) is 2. The lowest BCUT2D eigenvalue weighted by Crippen LogP contribution is -2.32. The Hall–Kier alpha value is -1.62. The van der Waals surface area contributed by atoms with Gasteiger partial charge in [-0.3, -0.25) is 0 Å². The minimum Gasteiger partial charge on any atom is -0.423 e. The molecule has 1 aliphatic heterocycles. The Kier molecular flexibility index (Phi) is 4.02. The average Bonchev–Trinajstić information content (AvgIpc) is 3.16. The van der Waals surface area contributed by atoms with Crippen LogP contribution in [0.3, 0.4) is 0 Å². The fourth-order valence-electron chi connectivity index (χ4n) is 3.36. The van der Waals surface area contributed by atoms with Crippen molar-refractivity contribution in [1.82, 2.24) is 9.78 Å². The van der Waals surface area contributed by atoms with Crippen LogP contribution in [0.5, 0.6) is 0 Å². The molecule has 0 aliphatic carbocycles. The predicted molar refractivity (Wildman–Crippen MR) is 88.8 cm³/mol. The molecule has 0 amide bonds. The highest BCUT2D eigenvalue weighted by Gasteiger charge is 2.37. The third-order valence-corrected chi connectivity index (χ3v) is 5.40. The molecule has 25 heavy (non-hydrogen) atoms. The average molecular weight is 370 g/mol. The van der Waals surface area contributed by atoms with E-state index < -0.39 is 18.9 Å². The zero-order chi connectivity index (χ0) is 17.8. The van der Waals surface area contributed by atoms with E-state index in [4.69, 9.17) is 4.74 Å². The molecule has 1 aliphatic rings. The first-order valence-corrected chi connectivity index (χ1v) is 8.72. The summed E-state index contributed by atoms with van der Waals surface area (Å²) in [4.78, 5) is 0. The summed E-state index contributed by atoms with van der Waals surface area (Å²) >= 11 is 0.922. The molecule has 5 nitrogen and oxygen atoms in total. The number of alkyl halides is 3. The van der Waals surface area contributed by atoms with E-state index in [1.165, 1.54) is 6.20 Å². The van der Waals surface area contributed by atoms with Gasteiger partial charge >= 0.3 is 13.3 Å². The lowest BCUT2D eigenvalue weighted by atomic mass is 9.75. The van der Waals surface area contributed by atoms with Crippen molar-refractivity contribution in [3.05, 3.63) is 23.2 Å². The van der Waals surface area contributed by atoms with Gasteiger partial charge in [-0.2, -0.15) is 18.3 Å². The molecule has 0 bridgehead atoms. The molecule has 3 heterocycles. The first kappa shape index (κ1) is 16.8. The fourth-order valence-corrected chi connectivity index (χ4v) is 4.38. The number of rotatable bonds is 2. The minimum absolute atomic E-state index is 0.164. The van der Waals surface area contributed by atoms with Gasteiger partial charge < -0.3 is 14.8 Å². The van der Waals surface area contributed by atoms with Crippen molar-refractivity contribution in [1.29, 1.82) is 0 Å². The number of nitrogens with zero attached hydrogens (tertiary/aromatic N) is 2. The van der Waals surface area contributed by atoms with Crippen LogP contribution in [0.4, 0.5) is 13.2 Å². The summed E-state index contributed by atoms with van der Waals surface area (Å²) in [5, 5.41) is 24.9. The van der Waals surface area contributed by atoms with Gasteiger partial charge in [-0.25, -0.2) is 4.68 Å². The molecule has 0 saturated carbocycles. The molecule has 1 saturated heterocycles. The Balaban J connectivity index is 2.00. The van der Waals surface area contributed by atoms with Gasteiger partial charge in [-0.15, -0.1) is 11.3 Å². The van der Waals surface area contributed by atoms with Gasteiger partial charge in [0.25, 0.3) is 0 Å². The van der Waals surface area contributed by atoms with Crippen LogP contribution in [-0.4, -0.2) is 33.6 Å². The number of aromatic nitrogens is 2. The summed E-state index contributed by atoms with van der Waals surface area (Å²) in [7, 11) is -2.04. The molecule has 1 aromatic carbocycles. The molecule has 0 spiro atoms. The molecule has 0 radical (unpaired) electrons. The van der Waals surface area contributed by atoms with E-state index in [1.54, 1.807) is 10.7 Å². The Morgan fingerprint density at radius 3 is 2.76 bits per heavy atom. The minimum atomic E-state index is -4.57. The summed E-state index contributed by atoms with van der Waals surface area (Å²) in [6.07, 6.45) is -0.808. The van der Waals surface area contributed by atoms with E-state index in [0.29, 0.717) is 22.2 Å². The maximum Gasteiger partial charge on any atom is 0.489 e. The Labute approximate surface area is 144 Å². The molecule has 10 heteroatoms. The standard InChI is InChI=1S/C15H14BF3N2O3S/c17-15(18,19)9-7-25-11-5-10-8(14(13(9)11)16(22)23)6-20-21(10)12-3-1-2-4-24-12/h5-7,12,22-23H,1-4H2. The van der Waals surface area contributed by atoms with Gasteiger partial charge in [0.1, 0.15) is 0 Å². The van der Waals surface area contributed by atoms with Crippen LogP contribution < -0.4 is 5.46 Å². The van der Waals surface area contributed by atoms with Crippen LogP contribution in [0.15, 0.2) is 17.6 Å². The Bertz CT molecular complexity index is 932. The van der Waals surface area contributed by atoms with Crippen LogP contribution in [0, 0.1) is 0 Å². The summed E-state index contributed by atoms with van der Waals surface area (Å²) in [6, 6.07) is 1.61. The Morgan fingerprint density at radius 2 is 2.12 bits per heavy atom. The number of benzene rings is 1. The maximum absolute atomic E-state index is 13.3. The van der Waals surface area contributed by atoms with Gasteiger partial charge in [-0.05, 0) is 25.3 Å². The number of ether oxygens (including phenoxy) is 1. The summed E-state index contributed by atoms with van der Waals surface area (Å²) in [5.74, 6) is 0. The van der Waals surface area contributed by atoms with Crippen molar-refractivity contribution in [2.75, 3.05) is 6.61 Å². The largest absolute Gasteiger partial charge is 0.489 e. The molecule has 2 aromatic heterocycles. The highest BCUT2D eigenvalue weighted by molar-refractivity contribution is 7.17. The monoisotopic (exact) mass is 370 g/mol. The molecule has 1 unspecified atom stereocenters. The van der Waals surface area contributed by atoms with Gasteiger partial charge in [0.05, 0.1) is 17.3 Å². The highest BCUT2D eigenvalue weighted by Crippen LogP contribution is 2.39. The van der Waals surface area contributed by atoms with E-state index >= 15 is 0 Å². The smallest absolute Gasteiger partial charge is 0.423 e. The zero-order valence-corrected chi connectivity index (χ0v) is 13.8. The van der Waals surface area contributed by atoms with Crippen molar-refractivity contribution in [2.45, 2.75) is 31.7 Å². The molecule has 1 fully saturated rings. The summed E-state index contributed by atoms with van der Waals surface area (Å²) in [5.41, 5.74) is -0.486. The van der Waals surface area contributed by atoms with Crippen molar-refractivity contribution in [3.63, 3.8) is 0 Å². The van der Waals surface area contributed by atoms with Crippen molar-refractivity contribution in [3.8, 4) is 0 Å². The molecular formula is C15H14BF3N2O3S. The molecule has 3 aromatic rings.